The molecule has 1 fully saturated rings. The number of hydrogen-bond acceptors (Lipinski definition) is 6. The van der Waals surface area contributed by atoms with Gasteiger partial charge in [0.25, 0.3) is 0 Å². The molecule has 1 aliphatic rings. The van der Waals surface area contributed by atoms with Gasteiger partial charge in [0.05, 0.1) is 24.6 Å². The summed E-state index contributed by atoms with van der Waals surface area (Å²) in [5, 5.41) is 20.4. The number of aromatic nitrogens is 1. The van der Waals surface area contributed by atoms with Crippen LogP contribution < -0.4 is 9.47 Å². The second-order valence-corrected chi connectivity index (χ2v) is 9.72. The zero-order valence-corrected chi connectivity index (χ0v) is 21.4. The number of fused-ring (bicyclic) bond motifs is 1. The third-order valence-electron chi connectivity index (χ3n) is 7.45. The van der Waals surface area contributed by atoms with Crippen molar-refractivity contribution in [3.63, 3.8) is 0 Å². The Morgan fingerprint density at radius 3 is 2.59 bits per heavy atom. The highest BCUT2D eigenvalue weighted by atomic mass is 19.2. The Kier molecular flexibility index (Phi) is 8.91. The van der Waals surface area contributed by atoms with Gasteiger partial charge in [0.15, 0.2) is 11.6 Å². The fourth-order valence-electron chi connectivity index (χ4n) is 5.10. The van der Waals surface area contributed by atoms with Crippen LogP contribution in [0.1, 0.15) is 43.0 Å². The van der Waals surface area contributed by atoms with E-state index in [1.54, 1.807) is 18.2 Å². The fraction of sp³-hybridized carbons (Fsp3) is 0.429. The summed E-state index contributed by atoms with van der Waals surface area (Å²) in [5.41, 5.74) is 0.00365. The van der Waals surface area contributed by atoms with Gasteiger partial charge in [-0.05, 0) is 57.0 Å². The highest BCUT2D eigenvalue weighted by Gasteiger charge is 2.42. The Bertz CT molecular complexity index is 1330. The number of carboxylic acids is 1. The van der Waals surface area contributed by atoms with Crippen molar-refractivity contribution in [2.24, 2.45) is 5.41 Å². The Hall–Kier alpha value is -3.44. The summed E-state index contributed by atoms with van der Waals surface area (Å²) in [6.07, 6.45) is 0.428. The average Bonchev–Trinajstić information content (AvgIpc) is 2.93. The Labute approximate surface area is 223 Å². The first-order valence-electron chi connectivity index (χ1n) is 12.6. The molecule has 11 heteroatoms. The van der Waals surface area contributed by atoms with Crippen molar-refractivity contribution in [1.29, 1.82) is 0 Å². The number of likely N-dealkylation sites (tertiary alicyclic amines) is 1. The number of carboxylic acid groups (broad SMARTS) is 1. The molecule has 0 bridgehead atoms. The van der Waals surface area contributed by atoms with E-state index < -0.39 is 47.4 Å². The van der Waals surface area contributed by atoms with Crippen molar-refractivity contribution < 1.29 is 42.0 Å². The van der Waals surface area contributed by atoms with Gasteiger partial charge in [-0.15, -0.1) is 0 Å². The van der Waals surface area contributed by atoms with Gasteiger partial charge in [0.2, 0.25) is 5.82 Å². The molecule has 0 amide bonds. The van der Waals surface area contributed by atoms with Crippen molar-refractivity contribution >= 4 is 16.9 Å². The molecule has 0 saturated carbocycles. The SMILES string of the molecule is COc1ccc2ncc(CO)c(C(F)CCC3(C(=O)O)CCN(CCOc4cc(F)cc(F)c4F)CC3)c2c1. The zero-order valence-electron chi connectivity index (χ0n) is 21.4. The number of hydrogen-bond donors (Lipinski definition) is 2. The van der Waals surface area contributed by atoms with E-state index >= 15 is 4.39 Å². The summed E-state index contributed by atoms with van der Waals surface area (Å²) in [6, 6.07) is 6.25. The second-order valence-electron chi connectivity index (χ2n) is 9.72. The number of rotatable bonds is 11. The Morgan fingerprint density at radius 1 is 1.18 bits per heavy atom. The highest BCUT2D eigenvalue weighted by Crippen LogP contribution is 2.41. The minimum absolute atomic E-state index is 0.0467. The maximum atomic E-state index is 15.7. The van der Waals surface area contributed by atoms with Gasteiger partial charge in [-0.25, -0.2) is 13.2 Å². The maximum Gasteiger partial charge on any atom is 0.309 e. The lowest BCUT2D eigenvalue weighted by Gasteiger charge is -2.39. The van der Waals surface area contributed by atoms with E-state index in [2.05, 4.69) is 4.98 Å². The molecule has 2 aromatic carbocycles. The van der Waals surface area contributed by atoms with E-state index in [0.717, 1.165) is 6.07 Å². The van der Waals surface area contributed by atoms with Crippen LogP contribution in [-0.2, 0) is 11.4 Å². The van der Waals surface area contributed by atoms with Gasteiger partial charge >= 0.3 is 5.97 Å². The lowest BCUT2D eigenvalue weighted by molar-refractivity contribution is -0.153. The quantitative estimate of drug-likeness (QED) is 0.251. The maximum absolute atomic E-state index is 15.7. The summed E-state index contributed by atoms with van der Waals surface area (Å²) >= 11 is 0. The lowest BCUT2D eigenvalue weighted by Crippen LogP contribution is -2.45. The molecular weight excluding hydrogens is 520 g/mol. The minimum Gasteiger partial charge on any atom is -0.497 e. The van der Waals surface area contributed by atoms with Crippen LogP contribution in [0, 0.1) is 22.9 Å². The molecule has 1 unspecified atom stereocenters. The lowest BCUT2D eigenvalue weighted by atomic mass is 9.74. The number of aliphatic hydroxyl groups is 1. The van der Waals surface area contributed by atoms with Crippen molar-refractivity contribution in [2.45, 2.75) is 38.5 Å². The first-order valence-corrected chi connectivity index (χ1v) is 12.6. The molecular formula is C28H30F4N2O5. The van der Waals surface area contributed by atoms with E-state index in [1.807, 2.05) is 4.90 Å². The number of alkyl halides is 1. The predicted molar refractivity (Wildman–Crippen MR) is 135 cm³/mol. The first-order chi connectivity index (χ1) is 18.7. The number of carbonyl (C=O) groups is 1. The third-order valence-corrected chi connectivity index (χ3v) is 7.45. The van der Waals surface area contributed by atoms with Crippen molar-refractivity contribution in [3.8, 4) is 11.5 Å². The number of methoxy groups -OCH3 is 1. The van der Waals surface area contributed by atoms with Gasteiger partial charge in [0, 0.05) is 41.4 Å². The zero-order chi connectivity index (χ0) is 28.2. The fourth-order valence-corrected chi connectivity index (χ4v) is 5.10. The van der Waals surface area contributed by atoms with Crippen molar-refractivity contribution in [1.82, 2.24) is 9.88 Å². The largest absolute Gasteiger partial charge is 0.497 e. The van der Waals surface area contributed by atoms with Gasteiger partial charge in [0.1, 0.15) is 24.3 Å². The van der Waals surface area contributed by atoms with Crippen molar-refractivity contribution in [2.75, 3.05) is 33.4 Å². The average molecular weight is 551 g/mol. The predicted octanol–water partition coefficient (Wildman–Crippen LogP) is 5.19. The molecule has 1 aliphatic heterocycles. The molecule has 7 nitrogen and oxygen atoms in total. The topological polar surface area (TPSA) is 92.1 Å². The molecule has 2 heterocycles. The Morgan fingerprint density at radius 2 is 1.92 bits per heavy atom. The molecule has 0 radical (unpaired) electrons. The van der Waals surface area contributed by atoms with Crippen LogP contribution in [0.15, 0.2) is 36.5 Å². The smallest absolute Gasteiger partial charge is 0.309 e. The standard InChI is InChI=1S/C28H30F4N2O5/c1-38-19-2-3-23-20(14-19)25(17(16-35)15-33-23)21(30)4-5-28(27(36)37)6-8-34(9-7-28)10-11-39-24-13-18(29)12-22(31)26(24)32/h2-3,12-15,21,35H,4-11,16H2,1H3,(H,36,37). The monoisotopic (exact) mass is 550 g/mol. The summed E-state index contributed by atoms with van der Waals surface area (Å²) in [5.74, 6) is -4.59. The van der Waals surface area contributed by atoms with Crippen LogP contribution in [0.5, 0.6) is 11.5 Å². The molecule has 3 aromatic rings. The molecule has 1 saturated heterocycles. The van der Waals surface area contributed by atoms with E-state index in [-0.39, 0.29) is 37.9 Å². The van der Waals surface area contributed by atoms with Gasteiger partial charge in [-0.2, -0.15) is 4.39 Å². The van der Waals surface area contributed by atoms with Crippen LogP contribution in [0.4, 0.5) is 17.6 Å². The summed E-state index contributed by atoms with van der Waals surface area (Å²) in [6.45, 7) is 0.593. The summed E-state index contributed by atoms with van der Waals surface area (Å²) in [4.78, 5) is 18.5. The van der Waals surface area contributed by atoms with Crippen LogP contribution in [0.25, 0.3) is 10.9 Å². The second kappa shape index (κ2) is 12.2. The van der Waals surface area contributed by atoms with Gasteiger partial charge in [-0.1, -0.05) is 0 Å². The van der Waals surface area contributed by atoms with E-state index in [1.165, 1.54) is 13.3 Å². The molecule has 0 aliphatic carbocycles. The van der Waals surface area contributed by atoms with Crippen LogP contribution in [0.3, 0.4) is 0 Å². The molecule has 39 heavy (non-hydrogen) atoms. The first kappa shape index (κ1) is 28.6. The highest BCUT2D eigenvalue weighted by molar-refractivity contribution is 5.85. The van der Waals surface area contributed by atoms with Gasteiger partial charge in [-0.3, -0.25) is 14.7 Å². The number of nitrogens with zero attached hydrogens (tertiary/aromatic N) is 2. The molecule has 0 spiro atoms. The molecule has 1 aromatic heterocycles. The van der Waals surface area contributed by atoms with Gasteiger partial charge < -0.3 is 19.7 Å². The van der Waals surface area contributed by atoms with Crippen molar-refractivity contribution in [3.05, 3.63) is 65.1 Å². The normalized spacial score (nSPS) is 16.3. The molecule has 2 N–H and O–H groups in total. The van der Waals surface area contributed by atoms with E-state index in [9.17, 15) is 28.2 Å². The summed E-state index contributed by atoms with van der Waals surface area (Å²) < 4.78 is 66.7. The molecule has 210 valence electrons. The van der Waals surface area contributed by atoms with E-state index in [0.29, 0.717) is 47.9 Å². The number of halogens is 4. The minimum atomic E-state index is -1.53. The molecule has 1 atom stereocenters. The number of pyridine rings is 1. The number of aliphatic carboxylic acids is 1. The van der Waals surface area contributed by atoms with Crippen LogP contribution in [-0.4, -0.2) is 59.4 Å². The number of aliphatic hydroxyl groups excluding tert-OH is 1. The third kappa shape index (κ3) is 6.25. The Balaban J connectivity index is 1.39. The summed E-state index contributed by atoms with van der Waals surface area (Å²) in [7, 11) is 1.49. The number of ether oxygens (including phenoxy) is 2. The number of benzene rings is 2. The molecule has 4 rings (SSSR count). The van der Waals surface area contributed by atoms with E-state index in [4.69, 9.17) is 9.47 Å². The van der Waals surface area contributed by atoms with Crippen LogP contribution >= 0.6 is 0 Å². The number of piperidine rings is 1. The van der Waals surface area contributed by atoms with Crippen LogP contribution in [0.2, 0.25) is 0 Å².